The van der Waals surface area contributed by atoms with Crippen molar-refractivity contribution in [2.45, 2.75) is 13.5 Å². The van der Waals surface area contributed by atoms with Gasteiger partial charge in [-0.2, -0.15) is 0 Å². The average molecular weight is 375 g/mol. The lowest BCUT2D eigenvalue weighted by atomic mass is 10.1. The Labute approximate surface area is 160 Å². The minimum absolute atomic E-state index is 0.287. The van der Waals surface area contributed by atoms with E-state index in [1.54, 1.807) is 17.7 Å². The van der Waals surface area contributed by atoms with Gasteiger partial charge >= 0.3 is 0 Å². The molecule has 5 rings (SSSR count). The van der Waals surface area contributed by atoms with Crippen molar-refractivity contribution in [3.05, 3.63) is 66.0 Å². The summed E-state index contributed by atoms with van der Waals surface area (Å²) in [5.74, 6) is 2.44. The highest BCUT2D eigenvalue weighted by atomic mass is 32.1. The lowest BCUT2D eigenvalue weighted by Crippen LogP contribution is -2.01. The highest BCUT2D eigenvalue weighted by Gasteiger charge is 2.14. The molecule has 0 saturated heterocycles. The second-order valence-electron chi connectivity index (χ2n) is 6.45. The summed E-state index contributed by atoms with van der Waals surface area (Å²) in [6.45, 7) is 3.04. The molecule has 0 aliphatic carbocycles. The van der Waals surface area contributed by atoms with E-state index >= 15 is 0 Å². The summed E-state index contributed by atoms with van der Waals surface area (Å²) in [7, 11) is 0. The second kappa shape index (κ2) is 6.55. The molecule has 2 aromatic heterocycles. The molecule has 2 aromatic carbocycles. The number of anilines is 1. The highest BCUT2D eigenvalue weighted by molar-refractivity contribution is 7.22. The van der Waals surface area contributed by atoms with Crippen molar-refractivity contribution in [1.82, 2.24) is 9.97 Å². The van der Waals surface area contributed by atoms with Crippen molar-refractivity contribution in [3.63, 3.8) is 0 Å². The molecule has 0 bridgehead atoms. The van der Waals surface area contributed by atoms with Crippen LogP contribution in [-0.2, 0) is 6.54 Å². The van der Waals surface area contributed by atoms with Crippen molar-refractivity contribution < 1.29 is 9.47 Å². The predicted molar refractivity (Wildman–Crippen MR) is 107 cm³/mol. The summed E-state index contributed by atoms with van der Waals surface area (Å²) in [5.41, 5.74) is 4.52. The first-order valence-corrected chi connectivity index (χ1v) is 9.52. The van der Waals surface area contributed by atoms with E-state index in [9.17, 15) is 0 Å². The smallest absolute Gasteiger partial charge is 0.231 e. The normalized spacial score (nSPS) is 12.5. The Morgan fingerprint density at radius 1 is 1.00 bits per heavy atom. The molecule has 5 nitrogen and oxygen atoms in total. The Morgan fingerprint density at radius 3 is 2.74 bits per heavy atom. The molecule has 0 amide bonds. The van der Waals surface area contributed by atoms with Gasteiger partial charge in [0, 0.05) is 11.4 Å². The van der Waals surface area contributed by atoms with Gasteiger partial charge in [0.25, 0.3) is 0 Å². The number of thiophene rings is 1. The predicted octanol–water partition coefficient (Wildman–Crippen LogP) is 5.01. The minimum atomic E-state index is 0.287. The molecule has 0 unspecified atom stereocenters. The maximum absolute atomic E-state index is 5.45. The molecule has 0 radical (unpaired) electrons. The van der Waals surface area contributed by atoms with E-state index < -0.39 is 0 Å². The summed E-state index contributed by atoms with van der Waals surface area (Å²) in [6.07, 6.45) is 1.61. The zero-order valence-electron chi connectivity index (χ0n) is 14.7. The van der Waals surface area contributed by atoms with Gasteiger partial charge in [-0.1, -0.05) is 35.9 Å². The fraction of sp³-hybridized carbons (Fsp3) is 0.143. The average Bonchev–Trinajstić information content (AvgIpc) is 3.33. The maximum atomic E-state index is 5.45. The highest BCUT2D eigenvalue weighted by Crippen LogP contribution is 2.36. The van der Waals surface area contributed by atoms with E-state index in [0.717, 1.165) is 33.1 Å². The number of nitrogens with zero attached hydrogens (tertiary/aromatic N) is 2. The number of aromatic nitrogens is 2. The SMILES string of the molecule is Cc1ccc(-c2cc3ncnc(NCc4ccc5c(c4)OCO5)c3s2)cc1. The third-order valence-electron chi connectivity index (χ3n) is 4.54. The molecule has 3 heterocycles. The largest absolute Gasteiger partial charge is 0.454 e. The summed E-state index contributed by atoms with van der Waals surface area (Å²) >= 11 is 1.71. The van der Waals surface area contributed by atoms with Gasteiger partial charge in [-0.3, -0.25) is 0 Å². The Kier molecular flexibility index (Phi) is 3.90. The van der Waals surface area contributed by atoms with E-state index in [1.807, 2.05) is 18.2 Å². The second-order valence-corrected chi connectivity index (χ2v) is 7.51. The van der Waals surface area contributed by atoms with Crippen molar-refractivity contribution in [1.29, 1.82) is 0 Å². The summed E-state index contributed by atoms with van der Waals surface area (Å²) < 4.78 is 11.9. The van der Waals surface area contributed by atoms with E-state index in [-0.39, 0.29) is 6.79 Å². The molecule has 6 heteroatoms. The van der Waals surface area contributed by atoms with E-state index in [1.165, 1.54) is 16.0 Å². The van der Waals surface area contributed by atoms with Crippen LogP contribution in [0.2, 0.25) is 0 Å². The molecule has 4 aromatic rings. The number of ether oxygens (including phenoxy) is 2. The number of rotatable bonds is 4. The van der Waals surface area contributed by atoms with E-state index in [4.69, 9.17) is 9.47 Å². The van der Waals surface area contributed by atoms with Gasteiger partial charge in [0.15, 0.2) is 11.5 Å². The standard InChI is InChI=1S/C21H17N3O2S/c1-13-2-5-15(6-3-13)19-9-16-20(27-19)21(24-11-23-16)22-10-14-4-7-17-18(8-14)26-12-25-17/h2-9,11H,10,12H2,1H3,(H,22,23,24). The van der Waals surface area contributed by atoms with Gasteiger partial charge in [-0.25, -0.2) is 9.97 Å². The molecular formula is C21H17N3O2S. The minimum Gasteiger partial charge on any atom is -0.454 e. The van der Waals surface area contributed by atoms with Crippen LogP contribution < -0.4 is 14.8 Å². The van der Waals surface area contributed by atoms with Crippen LogP contribution in [0.25, 0.3) is 20.7 Å². The number of fused-ring (bicyclic) bond motifs is 2. The van der Waals surface area contributed by atoms with Crippen LogP contribution in [0.4, 0.5) is 5.82 Å². The number of benzene rings is 2. The Hall–Kier alpha value is -3.12. The number of hydrogen-bond acceptors (Lipinski definition) is 6. The van der Waals surface area contributed by atoms with Crippen LogP contribution in [0.5, 0.6) is 11.5 Å². The van der Waals surface area contributed by atoms with Gasteiger partial charge in [0.05, 0.1) is 10.2 Å². The number of aryl methyl sites for hydroxylation is 1. The van der Waals surface area contributed by atoms with Crippen molar-refractivity contribution in [2.75, 3.05) is 12.1 Å². The van der Waals surface area contributed by atoms with Crippen LogP contribution in [-0.4, -0.2) is 16.8 Å². The van der Waals surface area contributed by atoms with Crippen LogP contribution in [0, 0.1) is 6.92 Å². The van der Waals surface area contributed by atoms with Crippen molar-refractivity contribution >= 4 is 27.4 Å². The summed E-state index contributed by atoms with van der Waals surface area (Å²) in [4.78, 5) is 10.1. The van der Waals surface area contributed by atoms with Gasteiger partial charge in [0.1, 0.15) is 12.1 Å². The fourth-order valence-electron chi connectivity index (χ4n) is 3.08. The quantitative estimate of drug-likeness (QED) is 0.543. The first-order chi connectivity index (χ1) is 13.3. The molecule has 27 heavy (non-hydrogen) atoms. The third-order valence-corrected chi connectivity index (χ3v) is 5.72. The van der Waals surface area contributed by atoms with Crippen molar-refractivity contribution in [2.24, 2.45) is 0 Å². The Morgan fingerprint density at radius 2 is 1.85 bits per heavy atom. The Balaban J connectivity index is 1.42. The van der Waals surface area contributed by atoms with E-state index in [0.29, 0.717) is 6.54 Å². The van der Waals surface area contributed by atoms with Gasteiger partial charge < -0.3 is 14.8 Å². The first-order valence-electron chi connectivity index (χ1n) is 8.70. The molecule has 1 N–H and O–H groups in total. The number of nitrogens with one attached hydrogen (secondary N) is 1. The topological polar surface area (TPSA) is 56.3 Å². The first kappa shape index (κ1) is 16.1. The molecule has 0 fully saturated rings. The van der Waals surface area contributed by atoms with Crippen molar-refractivity contribution in [3.8, 4) is 21.9 Å². The molecular weight excluding hydrogens is 358 g/mol. The number of hydrogen-bond donors (Lipinski definition) is 1. The monoisotopic (exact) mass is 375 g/mol. The third kappa shape index (κ3) is 3.08. The lowest BCUT2D eigenvalue weighted by Gasteiger charge is -2.07. The molecule has 0 saturated carbocycles. The Bertz CT molecular complexity index is 1120. The zero-order chi connectivity index (χ0) is 18.2. The van der Waals surface area contributed by atoms with Crippen LogP contribution in [0.15, 0.2) is 54.9 Å². The summed E-state index contributed by atoms with van der Waals surface area (Å²) in [6, 6.07) is 16.6. The molecule has 1 aliphatic heterocycles. The molecule has 0 spiro atoms. The van der Waals surface area contributed by atoms with Gasteiger partial charge in [-0.15, -0.1) is 11.3 Å². The van der Waals surface area contributed by atoms with Gasteiger partial charge in [-0.05, 0) is 36.2 Å². The van der Waals surface area contributed by atoms with Crippen LogP contribution in [0.1, 0.15) is 11.1 Å². The van der Waals surface area contributed by atoms with Crippen LogP contribution >= 0.6 is 11.3 Å². The fourth-order valence-corrected chi connectivity index (χ4v) is 4.16. The van der Waals surface area contributed by atoms with Gasteiger partial charge in [0.2, 0.25) is 6.79 Å². The zero-order valence-corrected chi connectivity index (χ0v) is 15.5. The lowest BCUT2D eigenvalue weighted by molar-refractivity contribution is 0.174. The summed E-state index contributed by atoms with van der Waals surface area (Å²) in [5, 5.41) is 3.43. The molecule has 1 aliphatic rings. The van der Waals surface area contributed by atoms with Crippen LogP contribution in [0.3, 0.4) is 0 Å². The van der Waals surface area contributed by atoms with E-state index in [2.05, 4.69) is 52.5 Å². The maximum Gasteiger partial charge on any atom is 0.231 e. The molecule has 134 valence electrons. The molecule has 0 atom stereocenters.